The van der Waals surface area contributed by atoms with Gasteiger partial charge >= 0.3 is 6.01 Å². The third-order valence-corrected chi connectivity index (χ3v) is 1.28. The van der Waals surface area contributed by atoms with E-state index in [1.807, 2.05) is 20.8 Å². The van der Waals surface area contributed by atoms with Crippen LogP contribution in [0.2, 0.25) is 0 Å². The molecule has 1 rings (SSSR count). The number of rotatable bonds is 2. The highest BCUT2D eigenvalue weighted by atomic mass is 16.5. The van der Waals surface area contributed by atoms with E-state index in [0.29, 0.717) is 11.9 Å². The molecule has 4 heteroatoms. The average Bonchev–Trinajstić information content (AvgIpc) is 2.22. The van der Waals surface area contributed by atoms with Gasteiger partial charge in [0.25, 0.3) is 0 Å². The number of nitrogens with zero attached hydrogens (tertiary/aromatic N) is 2. The normalized spacial score (nSPS) is 8.38. The first-order chi connectivity index (χ1) is 6.27. The molecule has 1 aromatic heterocycles. The number of aryl methyl sites for hydroxylation is 1. The van der Waals surface area contributed by atoms with Crippen molar-refractivity contribution < 1.29 is 9.47 Å². The van der Waals surface area contributed by atoms with Crippen LogP contribution < -0.4 is 9.47 Å². The largest absolute Gasteiger partial charge is 0.481 e. The van der Waals surface area contributed by atoms with E-state index in [0.717, 1.165) is 5.56 Å². The van der Waals surface area contributed by atoms with E-state index in [1.165, 1.54) is 7.11 Å². The predicted molar refractivity (Wildman–Crippen MR) is 51.2 cm³/mol. The van der Waals surface area contributed by atoms with E-state index in [2.05, 4.69) is 9.97 Å². The fraction of sp³-hybridized carbons (Fsp3) is 0.556. The topological polar surface area (TPSA) is 44.2 Å². The van der Waals surface area contributed by atoms with Gasteiger partial charge in [0.2, 0.25) is 5.88 Å². The summed E-state index contributed by atoms with van der Waals surface area (Å²) in [5, 5.41) is 0. The summed E-state index contributed by atoms with van der Waals surface area (Å²) < 4.78 is 9.77. The van der Waals surface area contributed by atoms with E-state index in [4.69, 9.17) is 9.47 Å². The maximum absolute atomic E-state index is 4.96. The Bertz CT molecular complexity index is 251. The molecule has 0 atom stereocenters. The number of aromatic nitrogens is 2. The molecule has 0 aromatic carbocycles. The summed E-state index contributed by atoms with van der Waals surface area (Å²) in [6.45, 7) is 5.87. The van der Waals surface area contributed by atoms with Gasteiger partial charge in [-0.15, -0.1) is 0 Å². The Labute approximate surface area is 78.9 Å². The van der Waals surface area contributed by atoms with Crippen molar-refractivity contribution in [1.82, 2.24) is 9.97 Å². The molecule has 1 aromatic rings. The van der Waals surface area contributed by atoms with E-state index < -0.39 is 0 Å². The van der Waals surface area contributed by atoms with Crippen molar-refractivity contribution in [3.8, 4) is 11.9 Å². The molecule has 0 aliphatic rings. The summed E-state index contributed by atoms with van der Waals surface area (Å²) in [4.78, 5) is 7.85. The van der Waals surface area contributed by atoms with Crippen molar-refractivity contribution in [3.63, 3.8) is 0 Å². The Morgan fingerprint density at radius 2 is 1.77 bits per heavy atom. The van der Waals surface area contributed by atoms with Gasteiger partial charge in [-0.2, -0.15) is 4.98 Å². The third-order valence-electron chi connectivity index (χ3n) is 1.28. The molecule has 4 nitrogen and oxygen atoms in total. The van der Waals surface area contributed by atoms with Gasteiger partial charge in [-0.05, 0) is 6.92 Å². The number of methoxy groups -OCH3 is 2. The fourth-order valence-electron chi connectivity index (χ4n) is 0.716. The van der Waals surface area contributed by atoms with Crippen LogP contribution in [0.1, 0.15) is 19.4 Å². The molecule has 0 saturated heterocycles. The Hall–Kier alpha value is -1.32. The highest BCUT2D eigenvalue weighted by molar-refractivity contribution is 5.22. The molecule has 0 amide bonds. The molecule has 0 spiro atoms. The van der Waals surface area contributed by atoms with Crippen LogP contribution in [0.5, 0.6) is 11.9 Å². The first kappa shape index (κ1) is 11.7. The zero-order valence-corrected chi connectivity index (χ0v) is 8.79. The van der Waals surface area contributed by atoms with Crippen LogP contribution in [0.15, 0.2) is 6.20 Å². The average molecular weight is 184 g/mol. The summed E-state index contributed by atoms with van der Waals surface area (Å²) >= 11 is 0. The van der Waals surface area contributed by atoms with Crippen LogP contribution in [-0.2, 0) is 0 Å². The lowest BCUT2D eigenvalue weighted by Gasteiger charge is -2.03. The zero-order valence-electron chi connectivity index (χ0n) is 8.79. The van der Waals surface area contributed by atoms with Crippen LogP contribution >= 0.6 is 0 Å². The summed E-state index contributed by atoms with van der Waals surface area (Å²) in [6, 6.07) is 0.326. The van der Waals surface area contributed by atoms with Crippen molar-refractivity contribution in [2.24, 2.45) is 0 Å². The Balaban J connectivity index is 0.000000671. The van der Waals surface area contributed by atoms with Crippen LogP contribution in [0.3, 0.4) is 0 Å². The van der Waals surface area contributed by atoms with E-state index in [9.17, 15) is 0 Å². The van der Waals surface area contributed by atoms with Gasteiger partial charge in [-0.1, -0.05) is 13.8 Å². The van der Waals surface area contributed by atoms with Gasteiger partial charge in [-0.25, -0.2) is 4.98 Å². The standard InChI is InChI=1S/C7H10N2O2.C2H6/c1-5-4-8-7(11-3)9-6(5)10-2;1-2/h4H,1-3H3;1-2H3. The van der Waals surface area contributed by atoms with E-state index in [1.54, 1.807) is 13.3 Å². The molecule has 0 aliphatic heterocycles. The first-order valence-corrected chi connectivity index (χ1v) is 4.19. The lowest BCUT2D eigenvalue weighted by atomic mass is 10.4. The van der Waals surface area contributed by atoms with Crippen LogP contribution in [0.25, 0.3) is 0 Å². The van der Waals surface area contributed by atoms with Crippen LogP contribution in [0, 0.1) is 6.92 Å². The molecule has 0 fully saturated rings. The Morgan fingerprint density at radius 1 is 1.15 bits per heavy atom. The molecular weight excluding hydrogens is 168 g/mol. The van der Waals surface area contributed by atoms with E-state index >= 15 is 0 Å². The zero-order chi connectivity index (χ0) is 10.3. The molecule has 1 heterocycles. The Morgan fingerprint density at radius 3 is 2.23 bits per heavy atom. The van der Waals surface area contributed by atoms with Gasteiger partial charge in [0.05, 0.1) is 14.2 Å². The first-order valence-electron chi connectivity index (χ1n) is 4.19. The number of hydrogen-bond acceptors (Lipinski definition) is 4. The highest BCUT2D eigenvalue weighted by Gasteiger charge is 2.01. The summed E-state index contributed by atoms with van der Waals surface area (Å²) in [6.07, 6.45) is 1.66. The minimum atomic E-state index is 0.326. The second-order valence-electron chi connectivity index (χ2n) is 2.05. The van der Waals surface area contributed by atoms with Gasteiger partial charge in [0.1, 0.15) is 0 Å². The molecular formula is C9H16N2O2. The van der Waals surface area contributed by atoms with Gasteiger partial charge in [0.15, 0.2) is 0 Å². The van der Waals surface area contributed by atoms with Crippen LogP contribution in [-0.4, -0.2) is 24.2 Å². The fourth-order valence-corrected chi connectivity index (χ4v) is 0.716. The van der Waals surface area contributed by atoms with Gasteiger partial charge in [0, 0.05) is 11.8 Å². The van der Waals surface area contributed by atoms with E-state index in [-0.39, 0.29) is 0 Å². The van der Waals surface area contributed by atoms with Gasteiger partial charge in [-0.3, -0.25) is 0 Å². The van der Waals surface area contributed by atoms with Crippen molar-refractivity contribution >= 4 is 0 Å². The smallest absolute Gasteiger partial charge is 0.319 e. The predicted octanol–water partition coefficient (Wildman–Crippen LogP) is 1.83. The van der Waals surface area contributed by atoms with Crippen molar-refractivity contribution in [1.29, 1.82) is 0 Å². The maximum atomic E-state index is 4.96. The third kappa shape index (κ3) is 3.27. The maximum Gasteiger partial charge on any atom is 0.319 e. The van der Waals surface area contributed by atoms with Crippen LogP contribution in [0.4, 0.5) is 0 Å². The van der Waals surface area contributed by atoms with Crippen molar-refractivity contribution in [2.45, 2.75) is 20.8 Å². The second kappa shape index (κ2) is 6.22. The lowest BCUT2D eigenvalue weighted by molar-refractivity contribution is 0.350. The molecule has 0 N–H and O–H groups in total. The summed E-state index contributed by atoms with van der Waals surface area (Å²) in [5.74, 6) is 0.553. The minimum absolute atomic E-state index is 0.326. The van der Waals surface area contributed by atoms with Gasteiger partial charge < -0.3 is 9.47 Å². The monoisotopic (exact) mass is 184 g/mol. The molecule has 0 unspecified atom stereocenters. The number of hydrogen-bond donors (Lipinski definition) is 0. The lowest BCUT2D eigenvalue weighted by Crippen LogP contribution is -1.96. The molecule has 0 saturated carbocycles. The molecule has 13 heavy (non-hydrogen) atoms. The summed E-state index contributed by atoms with van der Waals surface area (Å²) in [5.41, 5.74) is 0.897. The molecule has 0 radical (unpaired) electrons. The quantitative estimate of drug-likeness (QED) is 0.703. The highest BCUT2D eigenvalue weighted by Crippen LogP contribution is 2.14. The second-order valence-corrected chi connectivity index (χ2v) is 2.05. The summed E-state index contributed by atoms with van der Waals surface area (Å²) in [7, 11) is 3.08. The van der Waals surface area contributed by atoms with Crippen molar-refractivity contribution in [2.75, 3.05) is 14.2 Å². The molecule has 0 aliphatic carbocycles. The number of ether oxygens (including phenoxy) is 2. The van der Waals surface area contributed by atoms with Crippen molar-refractivity contribution in [3.05, 3.63) is 11.8 Å². The minimum Gasteiger partial charge on any atom is -0.481 e. The molecule has 74 valence electrons. The Kier molecular flexibility index (Phi) is 5.59. The molecule has 0 bridgehead atoms. The SMILES string of the molecule is CC.COc1ncc(C)c(OC)n1.